The van der Waals surface area contributed by atoms with Gasteiger partial charge in [-0.2, -0.15) is 10.1 Å². The summed E-state index contributed by atoms with van der Waals surface area (Å²) >= 11 is 0. The molecule has 1 spiro atoms. The number of aliphatic carboxylic acids is 1. The number of ether oxygens (including phenoxy) is 2. The number of alkyl halides is 3. The predicted octanol–water partition coefficient (Wildman–Crippen LogP) is 6.11. The van der Waals surface area contributed by atoms with Crippen LogP contribution in [-0.4, -0.2) is 34.7 Å². The van der Waals surface area contributed by atoms with Crippen LogP contribution in [0.5, 0.6) is 11.5 Å². The first-order valence-electron chi connectivity index (χ1n) is 12.2. The van der Waals surface area contributed by atoms with Crippen molar-refractivity contribution in [1.29, 1.82) is 0 Å². The first-order valence-corrected chi connectivity index (χ1v) is 12.2. The molecule has 1 N–H and O–H groups in total. The molecule has 1 fully saturated rings. The molecule has 0 radical (unpaired) electrons. The van der Waals surface area contributed by atoms with Crippen LogP contribution in [0.15, 0.2) is 53.6 Å². The minimum Gasteiger partial charge on any atom is -0.478 e. The molecule has 37 heavy (non-hydrogen) atoms. The van der Waals surface area contributed by atoms with Crippen molar-refractivity contribution in [2.75, 3.05) is 5.01 Å². The summed E-state index contributed by atoms with van der Waals surface area (Å²) in [6, 6.07) is 12.4. The van der Waals surface area contributed by atoms with E-state index in [0.717, 1.165) is 37.0 Å². The summed E-state index contributed by atoms with van der Waals surface area (Å²) in [5.41, 5.74) is 0.278. The summed E-state index contributed by atoms with van der Waals surface area (Å²) in [7, 11) is 0. The van der Waals surface area contributed by atoms with Gasteiger partial charge in [0.15, 0.2) is 5.60 Å². The number of hydrazone groups is 1. The van der Waals surface area contributed by atoms with Crippen molar-refractivity contribution < 1.29 is 37.3 Å². The molecule has 0 atom stereocenters. The van der Waals surface area contributed by atoms with Gasteiger partial charge < -0.3 is 14.6 Å². The van der Waals surface area contributed by atoms with E-state index in [0.29, 0.717) is 30.7 Å². The van der Waals surface area contributed by atoms with E-state index in [2.05, 4.69) is 9.84 Å². The Morgan fingerprint density at radius 1 is 0.973 bits per heavy atom. The second kappa shape index (κ2) is 10.1. The molecular formula is C27H29F3N2O5. The Labute approximate surface area is 212 Å². The Bertz CT molecular complexity index is 1170. The highest BCUT2D eigenvalue weighted by Gasteiger charge is 2.52. The zero-order valence-electron chi connectivity index (χ0n) is 20.7. The number of hydrogen-bond donors (Lipinski definition) is 1. The summed E-state index contributed by atoms with van der Waals surface area (Å²) < 4.78 is 46.9. The number of rotatable bonds is 9. The van der Waals surface area contributed by atoms with Crippen molar-refractivity contribution in [3.63, 3.8) is 0 Å². The van der Waals surface area contributed by atoms with Crippen LogP contribution in [0.4, 0.5) is 18.9 Å². The molecule has 10 heteroatoms. The van der Waals surface area contributed by atoms with E-state index in [4.69, 9.17) is 4.74 Å². The third kappa shape index (κ3) is 5.89. The Kier molecular flexibility index (Phi) is 7.21. The van der Waals surface area contributed by atoms with E-state index in [9.17, 15) is 27.9 Å². The maximum absolute atomic E-state index is 13.4. The van der Waals surface area contributed by atoms with Crippen molar-refractivity contribution >= 4 is 23.3 Å². The summed E-state index contributed by atoms with van der Waals surface area (Å²) in [5.74, 6) is -1.07. The number of carbonyl (C=O) groups excluding carboxylic acids is 1. The normalized spacial score (nSPS) is 17.3. The topological polar surface area (TPSA) is 88.4 Å². The number of benzene rings is 2. The fraction of sp³-hybridized carbons (Fsp3) is 0.444. The third-order valence-corrected chi connectivity index (χ3v) is 6.84. The predicted molar refractivity (Wildman–Crippen MR) is 131 cm³/mol. The number of carbonyl (C=O) groups is 2. The van der Waals surface area contributed by atoms with E-state index in [1.807, 2.05) is 12.1 Å². The van der Waals surface area contributed by atoms with Crippen LogP contribution in [0.2, 0.25) is 0 Å². The van der Waals surface area contributed by atoms with E-state index in [1.54, 1.807) is 12.1 Å². The molecule has 4 rings (SSSR count). The van der Waals surface area contributed by atoms with Gasteiger partial charge in [-0.3, -0.25) is 4.79 Å². The zero-order valence-corrected chi connectivity index (χ0v) is 20.7. The van der Waals surface area contributed by atoms with Crippen molar-refractivity contribution in [3.05, 3.63) is 54.1 Å². The SMILES string of the molecule is CC(C)(Oc1ccc(CCCC2=NN(c3ccc(OC(F)(F)F)cc3)C(=O)C23CCCC3)cc1)C(=O)O. The Hall–Kier alpha value is -3.56. The number of carboxylic acid groups (broad SMARTS) is 1. The molecule has 2 aliphatic rings. The molecule has 1 heterocycles. The average Bonchev–Trinajstić information content (AvgIpc) is 3.41. The first-order chi connectivity index (χ1) is 17.4. The maximum Gasteiger partial charge on any atom is 0.573 e. The lowest BCUT2D eigenvalue weighted by atomic mass is 9.78. The highest BCUT2D eigenvalue weighted by atomic mass is 19.4. The molecule has 7 nitrogen and oxygen atoms in total. The molecule has 1 amide bonds. The number of anilines is 1. The zero-order chi connectivity index (χ0) is 26.8. The number of halogens is 3. The molecule has 1 aliphatic heterocycles. The minimum atomic E-state index is -4.79. The quantitative estimate of drug-likeness (QED) is 0.433. The van der Waals surface area contributed by atoms with E-state index in [-0.39, 0.29) is 11.7 Å². The Morgan fingerprint density at radius 2 is 1.54 bits per heavy atom. The number of carboxylic acids is 1. The Balaban J connectivity index is 1.42. The highest BCUT2D eigenvalue weighted by molar-refractivity contribution is 6.19. The Morgan fingerprint density at radius 3 is 2.11 bits per heavy atom. The molecule has 0 saturated heterocycles. The van der Waals surface area contributed by atoms with Crippen molar-refractivity contribution in [1.82, 2.24) is 0 Å². The van der Waals surface area contributed by atoms with Gasteiger partial charge in [-0.1, -0.05) is 25.0 Å². The van der Waals surface area contributed by atoms with Crippen LogP contribution in [0.25, 0.3) is 0 Å². The molecular weight excluding hydrogens is 489 g/mol. The van der Waals surface area contributed by atoms with E-state index < -0.39 is 23.3 Å². The van der Waals surface area contributed by atoms with Gasteiger partial charge in [-0.15, -0.1) is 13.2 Å². The van der Waals surface area contributed by atoms with Gasteiger partial charge in [-0.05, 0) is 87.9 Å². The maximum atomic E-state index is 13.4. The van der Waals surface area contributed by atoms with Gasteiger partial charge in [0.2, 0.25) is 0 Å². The van der Waals surface area contributed by atoms with Crippen LogP contribution in [-0.2, 0) is 16.0 Å². The molecule has 1 aliphatic carbocycles. The van der Waals surface area contributed by atoms with Crippen LogP contribution in [0.1, 0.15) is 57.9 Å². The third-order valence-electron chi connectivity index (χ3n) is 6.84. The molecule has 0 bridgehead atoms. The second-order valence-corrected chi connectivity index (χ2v) is 9.91. The van der Waals surface area contributed by atoms with Crippen LogP contribution in [0, 0.1) is 5.41 Å². The van der Waals surface area contributed by atoms with E-state index >= 15 is 0 Å². The molecule has 0 aromatic heterocycles. The second-order valence-electron chi connectivity index (χ2n) is 9.91. The van der Waals surface area contributed by atoms with Crippen molar-refractivity contribution in [2.24, 2.45) is 10.5 Å². The molecule has 2 aromatic carbocycles. The van der Waals surface area contributed by atoms with E-state index in [1.165, 1.54) is 43.1 Å². The largest absolute Gasteiger partial charge is 0.573 e. The van der Waals surface area contributed by atoms with Crippen molar-refractivity contribution in [3.8, 4) is 11.5 Å². The van der Waals surface area contributed by atoms with Crippen molar-refractivity contribution in [2.45, 2.75) is 70.8 Å². The molecule has 1 saturated carbocycles. The smallest absolute Gasteiger partial charge is 0.478 e. The molecule has 198 valence electrons. The molecule has 0 unspecified atom stereocenters. The fourth-order valence-electron chi connectivity index (χ4n) is 4.84. The summed E-state index contributed by atoms with van der Waals surface area (Å²) in [4.78, 5) is 24.7. The average molecular weight is 519 g/mol. The number of aryl methyl sites for hydroxylation is 1. The lowest BCUT2D eigenvalue weighted by Gasteiger charge is -2.24. The van der Waals surface area contributed by atoms with Crippen LogP contribution < -0.4 is 14.5 Å². The number of amides is 1. The van der Waals surface area contributed by atoms with Gasteiger partial charge in [0, 0.05) is 0 Å². The molecule has 2 aromatic rings. The fourth-order valence-corrected chi connectivity index (χ4v) is 4.84. The van der Waals surface area contributed by atoms with Gasteiger partial charge in [-0.25, -0.2) is 4.79 Å². The number of nitrogens with zero attached hydrogens (tertiary/aromatic N) is 2. The monoisotopic (exact) mass is 518 g/mol. The van der Waals surface area contributed by atoms with Gasteiger partial charge >= 0.3 is 12.3 Å². The summed E-state index contributed by atoms with van der Waals surface area (Å²) in [5, 5.41) is 15.2. The lowest BCUT2D eigenvalue weighted by molar-refractivity contribution is -0.274. The van der Waals surface area contributed by atoms with Gasteiger partial charge in [0.05, 0.1) is 16.8 Å². The minimum absolute atomic E-state index is 0.132. The lowest BCUT2D eigenvalue weighted by Crippen LogP contribution is -2.37. The standard InChI is InChI=1S/C27H29F3N2O5/c1-25(2,24(34)35)36-20-12-8-18(9-13-20)6-5-7-22-26(16-3-4-17-26)23(33)32(31-22)19-10-14-21(15-11-19)37-27(28,29)30/h8-15H,3-7,16-17H2,1-2H3,(H,34,35). The van der Waals surface area contributed by atoms with Gasteiger partial charge in [0.25, 0.3) is 5.91 Å². The highest BCUT2D eigenvalue weighted by Crippen LogP contribution is 2.47. The first kappa shape index (κ1) is 26.5. The van der Waals surface area contributed by atoms with Crippen LogP contribution in [0.3, 0.4) is 0 Å². The van der Waals surface area contributed by atoms with Gasteiger partial charge in [0.1, 0.15) is 11.5 Å². The summed E-state index contributed by atoms with van der Waals surface area (Å²) in [6.07, 6.45) is 0.574. The number of hydrogen-bond acceptors (Lipinski definition) is 5. The van der Waals surface area contributed by atoms with Crippen LogP contribution >= 0.6 is 0 Å². The summed E-state index contributed by atoms with van der Waals surface area (Å²) in [6.45, 7) is 2.97.